The number of nitrogens with one attached hydrogen (secondary N) is 1. The van der Waals surface area contributed by atoms with Gasteiger partial charge >= 0.3 is 0 Å². The molecule has 0 spiro atoms. The maximum Gasteiger partial charge on any atom is 0.260 e. The molecule has 3 rings (SSSR count). The van der Waals surface area contributed by atoms with Gasteiger partial charge in [0.15, 0.2) is 6.61 Å². The predicted molar refractivity (Wildman–Crippen MR) is 113 cm³/mol. The maximum absolute atomic E-state index is 12.5. The number of ether oxygens (including phenoxy) is 1. The van der Waals surface area contributed by atoms with Gasteiger partial charge in [0.05, 0.1) is 4.90 Å². The Balaban J connectivity index is 1.49. The van der Waals surface area contributed by atoms with Gasteiger partial charge in [-0.2, -0.15) is 0 Å². The molecule has 0 radical (unpaired) electrons. The van der Waals surface area contributed by atoms with Gasteiger partial charge in [0.25, 0.3) is 5.91 Å². The first-order valence-corrected chi connectivity index (χ1v) is 11.3. The first kappa shape index (κ1) is 21.3. The van der Waals surface area contributed by atoms with E-state index in [2.05, 4.69) is 4.72 Å². The highest BCUT2D eigenvalue weighted by Gasteiger charge is 2.26. The van der Waals surface area contributed by atoms with E-state index >= 15 is 0 Å². The van der Waals surface area contributed by atoms with Gasteiger partial charge in [-0.25, -0.2) is 13.1 Å². The van der Waals surface area contributed by atoms with Crippen molar-refractivity contribution in [3.63, 3.8) is 0 Å². The van der Waals surface area contributed by atoms with Crippen LogP contribution in [0.5, 0.6) is 5.75 Å². The summed E-state index contributed by atoms with van der Waals surface area (Å²) in [4.78, 5) is 14.5. The number of likely N-dealkylation sites (tertiary alicyclic amines) is 1. The summed E-state index contributed by atoms with van der Waals surface area (Å²) in [6.45, 7) is 6.90. The normalized spacial score (nSPS) is 15.3. The summed E-state index contributed by atoms with van der Waals surface area (Å²) < 4.78 is 33.5. The first-order chi connectivity index (χ1) is 13.7. The highest BCUT2D eigenvalue weighted by Crippen LogP contribution is 2.20. The number of hydrogen-bond acceptors (Lipinski definition) is 4. The molecule has 7 heteroatoms. The molecule has 0 bridgehead atoms. The summed E-state index contributed by atoms with van der Waals surface area (Å²) in [6, 6.07) is 12.5. The monoisotopic (exact) mass is 416 g/mol. The van der Waals surface area contributed by atoms with Crippen LogP contribution in [0.1, 0.15) is 29.5 Å². The molecular formula is C22H28N2O4S. The molecule has 0 unspecified atom stereocenters. The van der Waals surface area contributed by atoms with Crippen molar-refractivity contribution < 1.29 is 17.9 Å². The third-order valence-corrected chi connectivity index (χ3v) is 6.72. The molecule has 1 saturated heterocycles. The van der Waals surface area contributed by atoms with Gasteiger partial charge in [-0.05, 0) is 57.4 Å². The molecule has 2 aromatic rings. The zero-order chi connectivity index (χ0) is 21.0. The van der Waals surface area contributed by atoms with E-state index in [0.29, 0.717) is 31.7 Å². The fourth-order valence-corrected chi connectivity index (χ4v) is 4.75. The Labute approximate surface area is 172 Å². The molecule has 29 heavy (non-hydrogen) atoms. The molecule has 0 saturated carbocycles. The van der Waals surface area contributed by atoms with Crippen LogP contribution in [-0.2, 0) is 14.8 Å². The second kappa shape index (κ2) is 8.97. The Morgan fingerprint density at radius 3 is 2.28 bits per heavy atom. The van der Waals surface area contributed by atoms with Crippen molar-refractivity contribution in [3.05, 3.63) is 59.2 Å². The zero-order valence-electron chi connectivity index (χ0n) is 17.1. The number of sulfonamides is 1. The number of rotatable bonds is 6. The molecule has 1 aliphatic rings. The van der Waals surface area contributed by atoms with Gasteiger partial charge in [-0.1, -0.05) is 35.4 Å². The second-order valence-electron chi connectivity index (χ2n) is 7.65. The molecule has 0 aromatic heterocycles. The summed E-state index contributed by atoms with van der Waals surface area (Å²) in [5.74, 6) is 0.634. The molecular weight excluding hydrogens is 388 g/mol. The lowest BCUT2D eigenvalue weighted by Gasteiger charge is -2.32. The number of hydrogen-bond donors (Lipinski definition) is 1. The third-order valence-electron chi connectivity index (χ3n) is 5.18. The van der Waals surface area contributed by atoms with Crippen molar-refractivity contribution in [2.24, 2.45) is 0 Å². The van der Waals surface area contributed by atoms with Crippen LogP contribution in [-0.4, -0.2) is 45.0 Å². The Morgan fingerprint density at radius 1 is 1.03 bits per heavy atom. The molecule has 1 fully saturated rings. The van der Waals surface area contributed by atoms with Gasteiger partial charge in [0, 0.05) is 19.1 Å². The molecule has 0 aliphatic carbocycles. The molecule has 156 valence electrons. The Kier molecular flexibility index (Phi) is 6.59. The smallest absolute Gasteiger partial charge is 0.260 e. The van der Waals surface area contributed by atoms with Gasteiger partial charge in [0.2, 0.25) is 10.0 Å². The van der Waals surface area contributed by atoms with Crippen LogP contribution in [0.15, 0.2) is 47.4 Å². The quantitative estimate of drug-likeness (QED) is 0.786. The van der Waals surface area contributed by atoms with Crippen LogP contribution in [0, 0.1) is 20.8 Å². The van der Waals surface area contributed by atoms with Crippen LogP contribution < -0.4 is 9.46 Å². The lowest BCUT2D eigenvalue weighted by Crippen LogP contribution is -2.47. The molecule has 1 heterocycles. The fraction of sp³-hybridized carbons (Fsp3) is 0.409. The van der Waals surface area contributed by atoms with E-state index in [1.165, 1.54) is 0 Å². The number of piperidine rings is 1. The molecule has 2 aromatic carbocycles. The molecule has 1 aliphatic heterocycles. The Hall–Kier alpha value is -2.38. The molecule has 1 amide bonds. The predicted octanol–water partition coefficient (Wildman–Crippen LogP) is 2.96. The van der Waals surface area contributed by atoms with E-state index < -0.39 is 10.0 Å². The average molecular weight is 417 g/mol. The molecule has 0 atom stereocenters. The topological polar surface area (TPSA) is 75.7 Å². The fourth-order valence-electron chi connectivity index (χ4n) is 3.44. The number of carbonyl (C=O) groups excluding carboxylic acids is 1. The van der Waals surface area contributed by atoms with Crippen LogP contribution in [0.25, 0.3) is 0 Å². The second-order valence-corrected chi connectivity index (χ2v) is 9.36. The average Bonchev–Trinajstić information content (AvgIpc) is 2.68. The number of carbonyl (C=O) groups is 1. The summed E-state index contributed by atoms with van der Waals surface area (Å²) >= 11 is 0. The van der Waals surface area contributed by atoms with Crippen molar-refractivity contribution in [2.75, 3.05) is 19.7 Å². The minimum atomic E-state index is -3.55. The highest BCUT2D eigenvalue weighted by atomic mass is 32.2. The SMILES string of the molecule is Cc1ccc(S(=O)(=O)NC2CCN(C(=O)COc3ccc(C)cc3C)CC2)cc1. The first-order valence-electron chi connectivity index (χ1n) is 9.81. The number of amides is 1. The Morgan fingerprint density at radius 2 is 1.66 bits per heavy atom. The lowest BCUT2D eigenvalue weighted by molar-refractivity contribution is -0.134. The van der Waals surface area contributed by atoms with Crippen LogP contribution in [0.3, 0.4) is 0 Å². The summed E-state index contributed by atoms with van der Waals surface area (Å²) in [7, 11) is -3.55. The zero-order valence-corrected chi connectivity index (χ0v) is 18.0. The summed E-state index contributed by atoms with van der Waals surface area (Å²) in [5, 5.41) is 0. The van der Waals surface area contributed by atoms with Crippen molar-refractivity contribution in [1.29, 1.82) is 0 Å². The van der Waals surface area contributed by atoms with E-state index in [4.69, 9.17) is 4.74 Å². The Bertz CT molecular complexity index is 963. The third kappa shape index (κ3) is 5.58. The van der Waals surface area contributed by atoms with Crippen molar-refractivity contribution >= 4 is 15.9 Å². The van der Waals surface area contributed by atoms with E-state index in [-0.39, 0.29) is 23.5 Å². The minimum absolute atomic E-state index is 0.0103. The number of nitrogens with zero attached hydrogens (tertiary/aromatic N) is 1. The lowest BCUT2D eigenvalue weighted by atomic mass is 10.1. The highest BCUT2D eigenvalue weighted by molar-refractivity contribution is 7.89. The molecule has 6 nitrogen and oxygen atoms in total. The van der Waals surface area contributed by atoms with Gasteiger partial charge < -0.3 is 9.64 Å². The van der Waals surface area contributed by atoms with Crippen molar-refractivity contribution in [1.82, 2.24) is 9.62 Å². The largest absolute Gasteiger partial charge is 0.484 e. The maximum atomic E-state index is 12.5. The van der Waals surface area contributed by atoms with Gasteiger partial charge in [0.1, 0.15) is 5.75 Å². The van der Waals surface area contributed by atoms with Crippen molar-refractivity contribution in [2.45, 2.75) is 44.6 Å². The number of benzene rings is 2. The molecule has 1 N–H and O–H groups in total. The van der Waals surface area contributed by atoms with Gasteiger partial charge in [-0.3, -0.25) is 4.79 Å². The van der Waals surface area contributed by atoms with E-state index in [0.717, 1.165) is 16.7 Å². The van der Waals surface area contributed by atoms with E-state index in [9.17, 15) is 13.2 Å². The summed E-state index contributed by atoms with van der Waals surface area (Å²) in [5.41, 5.74) is 3.16. The minimum Gasteiger partial charge on any atom is -0.484 e. The van der Waals surface area contributed by atoms with E-state index in [1.54, 1.807) is 29.2 Å². The van der Waals surface area contributed by atoms with Crippen molar-refractivity contribution in [3.8, 4) is 5.75 Å². The van der Waals surface area contributed by atoms with Crippen LogP contribution >= 0.6 is 0 Å². The van der Waals surface area contributed by atoms with Gasteiger partial charge in [-0.15, -0.1) is 0 Å². The standard InChI is InChI=1S/C22H28N2O4S/c1-16-4-7-20(8-5-16)29(26,27)23-19-10-12-24(13-11-19)22(25)15-28-21-9-6-17(2)14-18(21)3/h4-9,14,19,23H,10-13,15H2,1-3H3. The van der Waals surface area contributed by atoms with Crippen LogP contribution in [0.2, 0.25) is 0 Å². The number of aryl methyl sites for hydroxylation is 3. The summed E-state index contributed by atoms with van der Waals surface area (Å²) in [6.07, 6.45) is 1.17. The van der Waals surface area contributed by atoms with Crippen LogP contribution in [0.4, 0.5) is 0 Å². The van der Waals surface area contributed by atoms with E-state index in [1.807, 2.05) is 39.0 Å².